The zero-order valence-corrected chi connectivity index (χ0v) is 18.9. The summed E-state index contributed by atoms with van der Waals surface area (Å²) >= 11 is 0. The number of hydrogen-bond donors (Lipinski definition) is 2. The number of hydrogen-bond acceptors (Lipinski definition) is 5. The first-order valence-electron chi connectivity index (χ1n) is 11.7. The van der Waals surface area contributed by atoms with Crippen LogP contribution in [0.15, 0.2) is 47.0 Å². The van der Waals surface area contributed by atoms with Crippen molar-refractivity contribution in [2.24, 2.45) is 5.92 Å². The highest BCUT2D eigenvalue weighted by atomic mass is 19.3. The van der Waals surface area contributed by atoms with E-state index >= 15 is 0 Å². The largest absolute Gasteiger partial charge is 0.481 e. The Balaban J connectivity index is 1.29. The monoisotopic (exact) mass is 467 g/mol. The number of aliphatic carboxylic acids is 1. The maximum Gasteiger partial charge on any atom is 0.303 e. The number of carbonyl (C=O) groups is 1. The Morgan fingerprint density at radius 1 is 1.21 bits per heavy atom. The smallest absolute Gasteiger partial charge is 0.303 e. The SMILES string of the molecule is Cc1cc(C2CC(CC(=O)O)CN2)ccc1-c1noc(-c2ccc([C@@H]3CCC(F)(F)C3)cc2)n1. The van der Waals surface area contributed by atoms with Gasteiger partial charge in [0.15, 0.2) is 0 Å². The number of alkyl halides is 2. The lowest BCUT2D eigenvalue weighted by atomic mass is 9.95. The molecule has 2 unspecified atom stereocenters. The first kappa shape index (κ1) is 22.7. The van der Waals surface area contributed by atoms with Gasteiger partial charge in [0.25, 0.3) is 5.89 Å². The molecule has 2 aliphatic rings. The molecule has 2 fully saturated rings. The van der Waals surface area contributed by atoms with Gasteiger partial charge in [0.1, 0.15) is 0 Å². The molecule has 8 heteroatoms. The number of carboxylic acid groups (broad SMARTS) is 1. The lowest BCUT2D eigenvalue weighted by molar-refractivity contribution is -0.137. The van der Waals surface area contributed by atoms with Gasteiger partial charge in [0.05, 0.1) is 0 Å². The molecule has 3 aromatic rings. The highest BCUT2D eigenvalue weighted by Gasteiger charge is 2.39. The summed E-state index contributed by atoms with van der Waals surface area (Å²) in [5.74, 6) is -2.43. The summed E-state index contributed by atoms with van der Waals surface area (Å²) in [5, 5.41) is 16.6. The molecule has 0 spiro atoms. The fourth-order valence-electron chi connectivity index (χ4n) is 5.20. The molecule has 1 aromatic heterocycles. The molecule has 2 heterocycles. The number of aryl methyl sites for hydroxylation is 1. The summed E-state index contributed by atoms with van der Waals surface area (Å²) in [5.41, 5.74) is 4.65. The van der Waals surface area contributed by atoms with Crippen LogP contribution in [0.3, 0.4) is 0 Å². The molecule has 0 amide bonds. The molecule has 1 aliphatic carbocycles. The van der Waals surface area contributed by atoms with Crippen LogP contribution in [0.5, 0.6) is 0 Å². The normalized spacial score (nSPS) is 23.9. The Kier molecular flexibility index (Phi) is 5.93. The van der Waals surface area contributed by atoms with E-state index in [4.69, 9.17) is 9.63 Å². The van der Waals surface area contributed by atoms with Gasteiger partial charge in [-0.1, -0.05) is 35.5 Å². The highest BCUT2D eigenvalue weighted by molar-refractivity contribution is 5.67. The van der Waals surface area contributed by atoms with E-state index in [0.29, 0.717) is 24.7 Å². The molecule has 5 rings (SSSR count). The van der Waals surface area contributed by atoms with Gasteiger partial charge in [0, 0.05) is 36.4 Å². The Hall–Kier alpha value is -3.13. The van der Waals surface area contributed by atoms with Crippen molar-refractivity contribution >= 4 is 5.97 Å². The van der Waals surface area contributed by atoms with Crippen LogP contribution in [0.2, 0.25) is 0 Å². The lowest BCUT2D eigenvalue weighted by Crippen LogP contribution is -2.14. The minimum atomic E-state index is -2.56. The molecule has 1 saturated heterocycles. The van der Waals surface area contributed by atoms with Crippen LogP contribution >= 0.6 is 0 Å². The van der Waals surface area contributed by atoms with Gasteiger partial charge in [-0.05, 0) is 67.0 Å². The van der Waals surface area contributed by atoms with Crippen molar-refractivity contribution in [2.45, 2.75) is 56.9 Å². The molecule has 0 radical (unpaired) electrons. The first-order valence-corrected chi connectivity index (χ1v) is 11.7. The fraction of sp³-hybridized carbons (Fsp3) is 0.423. The standard InChI is InChI=1S/C26H27F2N3O3/c1-15-10-19(22-11-16(14-29-22)12-23(32)33)6-7-21(15)24-30-25(34-31-24)18-4-2-17(3-5-18)20-8-9-26(27,28)13-20/h2-7,10,16,20,22,29H,8-9,11-14H2,1H3,(H,32,33)/t16?,20-,22?/m1/s1. The molecule has 3 atom stereocenters. The van der Waals surface area contributed by atoms with Crippen LogP contribution in [0.4, 0.5) is 8.78 Å². The van der Waals surface area contributed by atoms with E-state index in [1.165, 1.54) is 0 Å². The predicted octanol–water partition coefficient (Wildman–Crippen LogP) is 5.74. The van der Waals surface area contributed by atoms with Crippen molar-refractivity contribution in [1.82, 2.24) is 15.5 Å². The second kappa shape index (κ2) is 8.91. The Bertz CT molecular complexity index is 1190. The van der Waals surface area contributed by atoms with Gasteiger partial charge in [0.2, 0.25) is 11.7 Å². The number of benzene rings is 2. The van der Waals surface area contributed by atoms with E-state index in [2.05, 4.69) is 21.5 Å². The van der Waals surface area contributed by atoms with Gasteiger partial charge in [-0.15, -0.1) is 0 Å². The topological polar surface area (TPSA) is 88.2 Å². The van der Waals surface area contributed by atoms with E-state index < -0.39 is 11.9 Å². The minimum absolute atomic E-state index is 0.0513. The fourth-order valence-corrected chi connectivity index (χ4v) is 5.20. The van der Waals surface area contributed by atoms with Gasteiger partial charge in [-0.25, -0.2) is 8.78 Å². The third kappa shape index (κ3) is 4.73. The molecule has 1 saturated carbocycles. The van der Waals surface area contributed by atoms with Crippen molar-refractivity contribution in [3.63, 3.8) is 0 Å². The maximum absolute atomic E-state index is 13.5. The Labute approximate surface area is 196 Å². The predicted molar refractivity (Wildman–Crippen MR) is 123 cm³/mol. The van der Waals surface area contributed by atoms with Crippen molar-refractivity contribution < 1.29 is 23.2 Å². The average Bonchev–Trinajstić information content (AvgIpc) is 3.53. The van der Waals surface area contributed by atoms with E-state index in [9.17, 15) is 13.6 Å². The molecule has 2 N–H and O–H groups in total. The molecule has 0 bridgehead atoms. The molecule has 1 aliphatic heterocycles. The molecule has 178 valence electrons. The molecule has 34 heavy (non-hydrogen) atoms. The summed E-state index contributed by atoms with van der Waals surface area (Å²) in [6.07, 6.45) is 1.34. The first-order chi connectivity index (χ1) is 16.3. The number of carboxylic acids is 1. The van der Waals surface area contributed by atoms with Crippen LogP contribution in [0.25, 0.3) is 22.8 Å². The van der Waals surface area contributed by atoms with E-state index in [-0.39, 0.29) is 37.1 Å². The molecule has 6 nitrogen and oxygen atoms in total. The summed E-state index contributed by atoms with van der Waals surface area (Å²) in [4.78, 5) is 15.5. The van der Waals surface area contributed by atoms with Crippen LogP contribution in [0, 0.1) is 12.8 Å². The van der Waals surface area contributed by atoms with Crippen LogP contribution < -0.4 is 5.32 Å². The lowest BCUT2D eigenvalue weighted by Gasteiger charge is -2.13. The summed E-state index contributed by atoms with van der Waals surface area (Å²) < 4.78 is 32.6. The number of rotatable bonds is 6. The maximum atomic E-state index is 13.5. The number of halogens is 2. The summed E-state index contributed by atoms with van der Waals surface area (Å²) in [6, 6.07) is 13.6. The van der Waals surface area contributed by atoms with Crippen LogP contribution in [-0.2, 0) is 4.79 Å². The third-order valence-electron chi connectivity index (χ3n) is 7.04. The minimum Gasteiger partial charge on any atom is -0.481 e. The van der Waals surface area contributed by atoms with Gasteiger partial charge in [-0.3, -0.25) is 4.79 Å². The van der Waals surface area contributed by atoms with Crippen molar-refractivity contribution in [3.8, 4) is 22.8 Å². The second-order valence-corrected chi connectivity index (χ2v) is 9.58. The third-order valence-corrected chi connectivity index (χ3v) is 7.04. The average molecular weight is 468 g/mol. The van der Waals surface area contributed by atoms with Crippen molar-refractivity contribution in [2.75, 3.05) is 6.54 Å². The van der Waals surface area contributed by atoms with Crippen LogP contribution in [0.1, 0.15) is 60.8 Å². The second-order valence-electron chi connectivity index (χ2n) is 9.58. The van der Waals surface area contributed by atoms with Crippen LogP contribution in [-0.4, -0.2) is 33.7 Å². The zero-order valence-electron chi connectivity index (χ0n) is 18.9. The van der Waals surface area contributed by atoms with E-state index in [1.807, 2.05) is 43.3 Å². The molecule has 2 aromatic carbocycles. The Morgan fingerprint density at radius 3 is 2.65 bits per heavy atom. The summed E-state index contributed by atoms with van der Waals surface area (Å²) in [7, 11) is 0. The van der Waals surface area contributed by atoms with Crippen molar-refractivity contribution in [3.05, 3.63) is 59.2 Å². The zero-order chi connectivity index (χ0) is 23.9. The summed E-state index contributed by atoms with van der Waals surface area (Å²) in [6.45, 7) is 2.69. The number of aromatic nitrogens is 2. The molecular formula is C26H27F2N3O3. The Morgan fingerprint density at radius 2 is 1.97 bits per heavy atom. The molecular weight excluding hydrogens is 440 g/mol. The van der Waals surface area contributed by atoms with E-state index in [0.717, 1.165) is 34.2 Å². The van der Waals surface area contributed by atoms with Gasteiger partial charge >= 0.3 is 5.97 Å². The highest BCUT2D eigenvalue weighted by Crippen LogP contribution is 2.44. The number of nitrogens with zero attached hydrogens (tertiary/aromatic N) is 2. The van der Waals surface area contributed by atoms with Gasteiger partial charge in [-0.2, -0.15) is 4.98 Å². The quantitative estimate of drug-likeness (QED) is 0.481. The van der Waals surface area contributed by atoms with Crippen molar-refractivity contribution in [1.29, 1.82) is 0 Å². The van der Waals surface area contributed by atoms with E-state index in [1.54, 1.807) is 0 Å². The van der Waals surface area contributed by atoms with Gasteiger partial charge < -0.3 is 14.9 Å². The number of nitrogens with one attached hydrogen (secondary N) is 1.